The van der Waals surface area contributed by atoms with Crippen LogP contribution in [0.5, 0.6) is 5.75 Å². The number of nitrogens with zero attached hydrogens (tertiary/aromatic N) is 1. The lowest BCUT2D eigenvalue weighted by atomic mass is 10.3. The molecule has 0 aromatic heterocycles. The SMILES string of the molecule is S=C(Cl)N1CCC(Oc2cc(Cl)cc(Cl)c2)C1. The van der Waals surface area contributed by atoms with Gasteiger partial charge in [-0.05, 0) is 30.4 Å². The number of halogens is 3. The standard InChI is InChI=1S/C11H10Cl3NOS/c12-7-3-8(13)5-10(4-7)16-9-1-2-15(6-9)11(14)17/h3-5,9H,1-2,6H2. The summed E-state index contributed by atoms with van der Waals surface area (Å²) in [5.41, 5.74) is 0. The average molecular weight is 311 g/mol. The summed E-state index contributed by atoms with van der Waals surface area (Å²) in [7, 11) is 0. The number of rotatable bonds is 2. The summed E-state index contributed by atoms with van der Waals surface area (Å²) < 4.78 is 6.18. The number of thiocarbonyl (C=S) groups is 1. The second kappa shape index (κ2) is 5.61. The molecule has 0 amide bonds. The van der Waals surface area contributed by atoms with Gasteiger partial charge in [0.25, 0.3) is 0 Å². The highest BCUT2D eigenvalue weighted by molar-refractivity contribution is 7.83. The summed E-state index contributed by atoms with van der Waals surface area (Å²) in [6, 6.07) is 5.16. The lowest BCUT2D eigenvalue weighted by molar-refractivity contribution is 0.215. The molecule has 6 heteroatoms. The van der Waals surface area contributed by atoms with Crippen molar-refractivity contribution in [2.24, 2.45) is 0 Å². The van der Waals surface area contributed by atoms with Gasteiger partial charge in [0.15, 0.2) is 4.45 Å². The molecule has 0 radical (unpaired) electrons. The van der Waals surface area contributed by atoms with Crippen molar-refractivity contribution in [1.29, 1.82) is 0 Å². The van der Waals surface area contributed by atoms with Crippen molar-refractivity contribution in [2.75, 3.05) is 13.1 Å². The van der Waals surface area contributed by atoms with Crippen LogP contribution in [0.2, 0.25) is 10.0 Å². The first-order valence-electron chi connectivity index (χ1n) is 5.12. The largest absolute Gasteiger partial charge is 0.488 e. The maximum atomic E-state index is 5.90. The molecular weight excluding hydrogens is 301 g/mol. The van der Waals surface area contributed by atoms with Gasteiger partial charge in [-0.2, -0.15) is 0 Å². The molecule has 1 aliphatic heterocycles. The fourth-order valence-corrected chi connectivity index (χ4v) is 2.60. The summed E-state index contributed by atoms with van der Waals surface area (Å²) in [6.07, 6.45) is 0.956. The van der Waals surface area contributed by atoms with Crippen LogP contribution in [-0.2, 0) is 0 Å². The van der Waals surface area contributed by atoms with Gasteiger partial charge in [-0.15, -0.1) is 0 Å². The number of likely N-dealkylation sites (tertiary alicyclic amines) is 1. The second-order valence-electron chi connectivity index (χ2n) is 3.83. The molecule has 1 unspecified atom stereocenters. The van der Waals surface area contributed by atoms with Gasteiger partial charge in [-0.3, -0.25) is 0 Å². The Kier molecular flexibility index (Phi) is 4.36. The summed E-state index contributed by atoms with van der Waals surface area (Å²) in [5, 5.41) is 1.13. The van der Waals surface area contributed by atoms with E-state index in [2.05, 4.69) is 0 Å². The van der Waals surface area contributed by atoms with E-state index >= 15 is 0 Å². The number of ether oxygens (including phenoxy) is 1. The minimum absolute atomic E-state index is 0.0706. The molecule has 0 saturated carbocycles. The van der Waals surface area contributed by atoms with Gasteiger partial charge in [0.2, 0.25) is 0 Å². The lowest BCUT2D eigenvalue weighted by Crippen LogP contribution is -2.26. The first-order valence-corrected chi connectivity index (χ1v) is 6.66. The molecule has 0 aliphatic carbocycles. The molecule has 0 N–H and O–H groups in total. The molecule has 1 aromatic carbocycles. The van der Waals surface area contributed by atoms with Crippen molar-refractivity contribution in [2.45, 2.75) is 12.5 Å². The van der Waals surface area contributed by atoms with E-state index in [9.17, 15) is 0 Å². The number of benzene rings is 1. The molecule has 2 rings (SSSR count). The van der Waals surface area contributed by atoms with Crippen molar-refractivity contribution in [3.8, 4) is 5.75 Å². The minimum Gasteiger partial charge on any atom is -0.488 e. The van der Waals surface area contributed by atoms with Crippen molar-refractivity contribution < 1.29 is 4.74 Å². The third-order valence-corrected chi connectivity index (χ3v) is 3.47. The Labute approximate surface area is 120 Å². The second-order valence-corrected chi connectivity index (χ2v) is 5.67. The molecule has 0 bridgehead atoms. The van der Waals surface area contributed by atoms with E-state index in [0.29, 0.717) is 26.8 Å². The molecular formula is C11H10Cl3NOS. The Hall–Kier alpha value is -0.220. The fourth-order valence-electron chi connectivity index (χ4n) is 1.77. The topological polar surface area (TPSA) is 12.5 Å². The van der Waals surface area contributed by atoms with Gasteiger partial charge in [-0.25, -0.2) is 0 Å². The number of hydrogen-bond acceptors (Lipinski definition) is 2. The number of hydrogen-bond donors (Lipinski definition) is 0. The van der Waals surface area contributed by atoms with E-state index < -0.39 is 0 Å². The van der Waals surface area contributed by atoms with E-state index in [1.54, 1.807) is 18.2 Å². The maximum absolute atomic E-state index is 5.90. The van der Waals surface area contributed by atoms with Crippen LogP contribution in [0, 0.1) is 0 Å². The van der Waals surface area contributed by atoms with E-state index in [1.165, 1.54) is 0 Å². The zero-order chi connectivity index (χ0) is 12.4. The molecule has 92 valence electrons. The van der Waals surface area contributed by atoms with Gasteiger partial charge >= 0.3 is 0 Å². The van der Waals surface area contributed by atoms with Crippen LogP contribution in [0.3, 0.4) is 0 Å². The minimum atomic E-state index is 0.0706. The van der Waals surface area contributed by atoms with Crippen LogP contribution in [0.15, 0.2) is 18.2 Å². The van der Waals surface area contributed by atoms with E-state index in [-0.39, 0.29) is 6.10 Å². The molecule has 1 aliphatic rings. The van der Waals surface area contributed by atoms with Crippen molar-refractivity contribution in [3.63, 3.8) is 0 Å². The van der Waals surface area contributed by atoms with E-state index in [1.807, 2.05) is 4.90 Å². The van der Waals surface area contributed by atoms with Crippen molar-refractivity contribution >= 4 is 51.5 Å². The van der Waals surface area contributed by atoms with Gasteiger partial charge in [-0.1, -0.05) is 34.8 Å². The average Bonchev–Trinajstić information content (AvgIpc) is 2.64. The Morgan fingerprint density at radius 1 is 1.29 bits per heavy atom. The van der Waals surface area contributed by atoms with Crippen LogP contribution in [0.4, 0.5) is 0 Å². The van der Waals surface area contributed by atoms with Crippen LogP contribution >= 0.6 is 47.0 Å². The summed E-state index contributed by atoms with van der Waals surface area (Å²) >= 11 is 22.5. The molecule has 0 spiro atoms. The van der Waals surface area contributed by atoms with Crippen LogP contribution in [0.25, 0.3) is 0 Å². The fraction of sp³-hybridized carbons (Fsp3) is 0.364. The van der Waals surface area contributed by atoms with E-state index in [0.717, 1.165) is 13.0 Å². The molecule has 2 nitrogen and oxygen atoms in total. The summed E-state index contributed by atoms with van der Waals surface area (Å²) in [4.78, 5) is 1.91. The molecule has 1 fully saturated rings. The molecule has 1 heterocycles. The van der Waals surface area contributed by atoms with Gasteiger partial charge in [0.1, 0.15) is 11.9 Å². The highest BCUT2D eigenvalue weighted by Crippen LogP contribution is 2.26. The van der Waals surface area contributed by atoms with E-state index in [4.69, 9.17) is 51.8 Å². The smallest absolute Gasteiger partial charge is 0.170 e. The van der Waals surface area contributed by atoms with Gasteiger partial charge in [0, 0.05) is 23.0 Å². The normalized spacial score (nSPS) is 19.5. The predicted molar refractivity (Wildman–Crippen MR) is 75.5 cm³/mol. The highest BCUT2D eigenvalue weighted by atomic mass is 35.5. The first-order chi connectivity index (χ1) is 8.04. The molecule has 1 aromatic rings. The molecule has 1 saturated heterocycles. The first kappa shape index (κ1) is 13.2. The Bertz CT molecular complexity index is 420. The van der Waals surface area contributed by atoms with Gasteiger partial charge in [0.05, 0.1) is 6.54 Å². The highest BCUT2D eigenvalue weighted by Gasteiger charge is 2.25. The predicted octanol–water partition coefficient (Wildman–Crippen LogP) is 3.97. The summed E-state index contributed by atoms with van der Waals surface area (Å²) in [6.45, 7) is 1.52. The third-order valence-electron chi connectivity index (χ3n) is 2.53. The Balaban J connectivity index is 2.00. The summed E-state index contributed by atoms with van der Waals surface area (Å²) in [5.74, 6) is 0.676. The maximum Gasteiger partial charge on any atom is 0.170 e. The monoisotopic (exact) mass is 309 g/mol. The van der Waals surface area contributed by atoms with Crippen molar-refractivity contribution in [1.82, 2.24) is 4.90 Å². The van der Waals surface area contributed by atoms with Gasteiger partial charge < -0.3 is 9.64 Å². The van der Waals surface area contributed by atoms with Crippen LogP contribution < -0.4 is 4.74 Å². The van der Waals surface area contributed by atoms with Crippen molar-refractivity contribution in [3.05, 3.63) is 28.2 Å². The lowest BCUT2D eigenvalue weighted by Gasteiger charge is -2.16. The zero-order valence-corrected chi connectivity index (χ0v) is 11.9. The zero-order valence-electron chi connectivity index (χ0n) is 8.83. The Morgan fingerprint density at radius 3 is 2.47 bits per heavy atom. The quantitative estimate of drug-likeness (QED) is 0.466. The third kappa shape index (κ3) is 3.62. The van der Waals surface area contributed by atoms with Crippen LogP contribution in [-0.4, -0.2) is 28.5 Å². The Morgan fingerprint density at radius 2 is 1.94 bits per heavy atom. The molecule has 1 atom stereocenters. The molecule has 17 heavy (non-hydrogen) atoms. The van der Waals surface area contributed by atoms with Crippen LogP contribution in [0.1, 0.15) is 6.42 Å².